The number of benzene rings is 1. The molecule has 5 nitrogen and oxygen atoms in total. The molecular formula is C19H29N5. The summed E-state index contributed by atoms with van der Waals surface area (Å²) in [4.78, 5) is 11.9. The second-order valence-corrected chi connectivity index (χ2v) is 6.53. The quantitative estimate of drug-likeness (QED) is 0.779. The maximum atomic E-state index is 4.47. The third-order valence-electron chi connectivity index (χ3n) is 4.85. The summed E-state index contributed by atoms with van der Waals surface area (Å²) in [6.45, 7) is 10.8. The van der Waals surface area contributed by atoms with Crippen molar-refractivity contribution in [2.45, 2.75) is 20.0 Å². The third-order valence-corrected chi connectivity index (χ3v) is 4.85. The van der Waals surface area contributed by atoms with Crippen LogP contribution in [0.5, 0.6) is 0 Å². The van der Waals surface area contributed by atoms with Crippen molar-refractivity contribution >= 4 is 5.69 Å². The van der Waals surface area contributed by atoms with E-state index in [0.717, 1.165) is 58.2 Å². The fourth-order valence-corrected chi connectivity index (χ4v) is 3.28. The van der Waals surface area contributed by atoms with Crippen LogP contribution in [-0.4, -0.2) is 65.7 Å². The van der Waals surface area contributed by atoms with Gasteiger partial charge in [-0.05, 0) is 26.1 Å². The molecule has 0 N–H and O–H groups in total. The second-order valence-electron chi connectivity index (χ2n) is 6.53. The molecule has 0 bridgehead atoms. The van der Waals surface area contributed by atoms with Crippen LogP contribution in [0.25, 0.3) is 0 Å². The lowest BCUT2D eigenvalue weighted by Crippen LogP contribution is -2.48. The Hall–Kier alpha value is -1.85. The van der Waals surface area contributed by atoms with E-state index in [1.807, 2.05) is 6.20 Å². The summed E-state index contributed by atoms with van der Waals surface area (Å²) >= 11 is 0. The maximum Gasteiger partial charge on any atom is 0.122 e. The number of imidazole rings is 1. The first-order valence-electron chi connectivity index (χ1n) is 8.97. The second kappa shape index (κ2) is 8.31. The van der Waals surface area contributed by atoms with Gasteiger partial charge in [0.15, 0.2) is 0 Å². The Balaban J connectivity index is 1.40. The average molecular weight is 327 g/mol. The van der Waals surface area contributed by atoms with E-state index < -0.39 is 0 Å². The molecule has 1 aromatic carbocycles. The van der Waals surface area contributed by atoms with E-state index in [4.69, 9.17) is 0 Å². The molecule has 0 aliphatic carbocycles. The number of piperazine rings is 1. The molecule has 5 heteroatoms. The Kier molecular flexibility index (Phi) is 5.88. The predicted octanol–water partition coefficient (Wildman–Crippen LogP) is 2.16. The summed E-state index contributed by atoms with van der Waals surface area (Å²) in [6, 6.07) is 10.7. The lowest BCUT2D eigenvalue weighted by molar-refractivity contribution is 0.209. The highest BCUT2D eigenvalue weighted by atomic mass is 15.3. The van der Waals surface area contributed by atoms with Crippen LogP contribution in [0.1, 0.15) is 12.7 Å². The fraction of sp³-hybridized carbons (Fsp3) is 0.526. The van der Waals surface area contributed by atoms with E-state index in [1.54, 1.807) is 0 Å². The summed E-state index contributed by atoms with van der Waals surface area (Å²) in [5.41, 5.74) is 1.35. The highest BCUT2D eigenvalue weighted by molar-refractivity contribution is 5.46. The van der Waals surface area contributed by atoms with Crippen LogP contribution in [0, 0.1) is 0 Å². The van der Waals surface area contributed by atoms with Gasteiger partial charge in [0.25, 0.3) is 0 Å². The fourth-order valence-electron chi connectivity index (χ4n) is 3.28. The SMILES string of the molecule is CCn1ccnc1CN(C)CCN1CCN(c2ccccc2)CC1. The number of likely N-dealkylation sites (N-methyl/N-ethyl adjacent to an activating group) is 1. The molecule has 0 radical (unpaired) electrons. The van der Waals surface area contributed by atoms with Gasteiger partial charge in [0.05, 0.1) is 6.54 Å². The number of aromatic nitrogens is 2. The summed E-state index contributed by atoms with van der Waals surface area (Å²) < 4.78 is 2.22. The van der Waals surface area contributed by atoms with Gasteiger partial charge in [-0.2, -0.15) is 0 Å². The van der Waals surface area contributed by atoms with Crippen molar-refractivity contribution in [2.24, 2.45) is 0 Å². The van der Waals surface area contributed by atoms with E-state index in [1.165, 1.54) is 5.69 Å². The zero-order chi connectivity index (χ0) is 16.8. The number of hydrogen-bond donors (Lipinski definition) is 0. The van der Waals surface area contributed by atoms with Crippen LogP contribution >= 0.6 is 0 Å². The Morgan fingerprint density at radius 3 is 2.54 bits per heavy atom. The largest absolute Gasteiger partial charge is 0.369 e. The molecule has 1 saturated heterocycles. The molecule has 1 aliphatic rings. The van der Waals surface area contributed by atoms with Crippen molar-refractivity contribution in [3.63, 3.8) is 0 Å². The van der Waals surface area contributed by atoms with Crippen molar-refractivity contribution in [3.8, 4) is 0 Å². The van der Waals surface area contributed by atoms with Crippen LogP contribution in [-0.2, 0) is 13.1 Å². The van der Waals surface area contributed by atoms with Gasteiger partial charge in [-0.15, -0.1) is 0 Å². The number of hydrogen-bond acceptors (Lipinski definition) is 4. The van der Waals surface area contributed by atoms with Gasteiger partial charge >= 0.3 is 0 Å². The van der Waals surface area contributed by atoms with Crippen molar-refractivity contribution in [1.29, 1.82) is 0 Å². The van der Waals surface area contributed by atoms with Crippen molar-refractivity contribution in [3.05, 3.63) is 48.5 Å². The third kappa shape index (κ3) is 4.36. The van der Waals surface area contributed by atoms with Crippen LogP contribution in [0.2, 0.25) is 0 Å². The molecule has 2 heterocycles. The van der Waals surface area contributed by atoms with Crippen molar-refractivity contribution in [2.75, 3.05) is 51.2 Å². The van der Waals surface area contributed by atoms with E-state index in [9.17, 15) is 0 Å². The smallest absolute Gasteiger partial charge is 0.122 e. The molecule has 24 heavy (non-hydrogen) atoms. The van der Waals surface area contributed by atoms with Gasteiger partial charge in [-0.25, -0.2) is 4.98 Å². The minimum atomic E-state index is 0.921. The molecule has 0 saturated carbocycles. The lowest BCUT2D eigenvalue weighted by Gasteiger charge is -2.36. The van der Waals surface area contributed by atoms with E-state index in [0.29, 0.717) is 0 Å². The molecule has 3 rings (SSSR count). The minimum Gasteiger partial charge on any atom is -0.369 e. The molecular weight excluding hydrogens is 298 g/mol. The van der Waals surface area contributed by atoms with Gasteiger partial charge in [0.2, 0.25) is 0 Å². The zero-order valence-corrected chi connectivity index (χ0v) is 14.9. The standard InChI is InChI=1S/C19H29N5/c1-3-23-10-9-20-19(23)17-21(2)11-12-22-13-15-24(16-14-22)18-7-5-4-6-8-18/h4-10H,3,11-17H2,1-2H3. The summed E-state index contributed by atoms with van der Waals surface area (Å²) in [5.74, 6) is 1.16. The Labute approximate surface area is 145 Å². The molecule has 0 spiro atoms. The van der Waals surface area contributed by atoms with E-state index in [2.05, 4.69) is 74.8 Å². The Morgan fingerprint density at radius 2 is 1.83 bits per heavy atom. The molecule has 0 amide bonds. The first-order chi connectivity index (χ1) is 11.8. The van der Waals surface area contributed by atoms with Crippen LogP contribution in [0.3, 0.4) is 0 Å². The number of rotatable bonds is 7. The molecule has 0 unspecified atom stereocenters. The average Bonchev–Trinajstić information content (AvgIpc) is 3.08. The Morgan fingerprint density at radius 1 is 1.08 bits per heavy atom. The highest BCUT2D eigenvalue weighted by Gasteiger charge is 2.17. The number of nitrogens with zero attached hydrogens (tertiary/aromatic N) is 5. The zero-order valence-electron chi connectivity index (χ0n) is 14.9. The number of aryl methyl sites for hydroxylation is 1. The van der Waals surface area contributed by atoms with Gasteiger partial charge in [-0.1, -0.05) is 18.2 Å². The normalized spacial score (nSPS) is 16.0. The summed E-state index contributed by atoms with van der Waals surface area (Å²) in [5, 5.41) is 0. The molecule has 1 fully saturated rings. The van der Waals surface area contributed by atoms with Gasteiger partial charge in [0, 0.05) is 63.9 Å². The molecule has 0 atom stereocenters. The molecule has 1 aliphatic heterocycles. The highest BCUT2D eigenvalue weighted by Crippen LogP contribution is 2.15. The lowest BCUT2D eigenvalue weighted by atomic mass is 10.2. The maximum absolute atomic E-state index is 4.47. The van der Waals surface area contributed by atoms with Gasteiger partial charge < -0.3 is 9.47 Å². The van der Waals surface area contributed by atoms with Crippen LogP contribution < -0.4 is 4.90 Å². The number of para-hydroxylation sites is 1. The molecule has 130 valence electrons. The Bertz CT molecular complexity index is 601. The van der Waals surface area contributed by atoms with E-state index in [-0.39, 0.29) is 0 Å². The molecule has 1 aromatic heterocycles. The predicted molar refractivity (Wildman–Crippen MR) is 99.3 cm³/mol. The first-order valence-corrected chi connectivity index (χ1v) is 8.97. The van der Waals surface area contributed by atoms with Crippen molar-refractivity contribution in [1.82, 2.24) is 19.4 Å². The number of anilines is 1. The minimum absolute atomic E-state index is 0.921. The van der Waals surface area contributed by atoms with Gasteiger partial charge in [-0.3, -0.25) is 9.80 Å². The van der Waals surface area contributed by atoms with Gasteiger partial charge in [0.1, 0.15) is 5.82 Å². The van der Waals surface area contributed by atoms with Crippen LogP contribution in [0.15, 0.2) is 42.7 Å². The first kappa shape index (κ1) is 17.0. The summed E-state index contributed by atoms with van der Waals surface area (Å²) in [6.07, 6.45) is 3.96. The monoisotopic (exact) mass is 327 g/mol. The van der Waals surface area contributed by atoms with Crippen molar-refractivity contribution < 1.29 is 0 Å². The van der Waals surface area contributed by atoms with Crippen LogP contribution in [0.4, 0.5) is 5.69 Å². The summed E-state index contributed by atoms with van der Waals surface area (Å²) in [7, 11) is 2.19. The van der Waals surface area contributed by atoms with E-state index >= 15 is 0 Å². The topological polar surface area (TPSA) is 27.5 Å². The molecule has 2 aromatic rings.